The second kappa shape index (κ2) is 7.82. The highest BCUT2D eigenvalue weighted by Crippen LogP contribution is 2.28. The third-order valence-electron chi connectivity index (χ3n) is 3.83. The lowest BCUT2D eigenvalue weighted by molar-refractivity contribution is 0.0527. The number of unbranched alkanes of at least 4 members (excludes halogenated alkanes) is 1. The zero-order valence-corrected chi connectivity index (χ0v) is 13.6. The lowest BCUT2D eigenvalue weighted by atomic mass is 10.1. The lowest BCUT2D eigenvalue weighted by Gasteiger charge is -2.20. The molecule has 2 aromatic rings. The van der Waals surface area contributed by atoms with Gasteiger partial charge in [-0.1, -0.05) is 26.7 Å². The highest BCUT2D eigenvalue weighted by Gasteiger charge is 2.19. The molecule has 2 aromatic heterocycles. The molecule has 5 heteroatoms. The SMILES string of the molecule is CCCC[C@H](CC)Nc1c(C(=O)OCC)cnc2[nH]ccc12. The van der Waals surface area contributed by atoms with Crippen molar-refractivity contribution in [1.82, 2.24) is 9.97 Å². The fraction of sp³-hybridized carbons (Fsp3) is 0.529. The summed E-state index contributed by atoms with van der Waals surface area (Å²) in [6, 6.07) is 2.29. The van der Waals surface area contributed by atoms with E-state index in [1.54, 1.807) is 6.20 Å². The first-order valence-electron chi connectivity index (χ1n) is 8.10. The Kier molecular flexibility index (Phi) is 5.81. The first kappa shape index (κ1) is 16.3. The van der Waals surface area contributed by atoms with Crippen molar-refractivity contribution in [1.29, 1.82) is 0 Å². The summed E-state index contributed by atoms with van der Waals surface area (Å²) in [6.07, 6.45) is 7.86. The maximum atomic E-state index is 12.2. The molecule has 0 aliphatic rings. The third kappa shape index (κ3) is 3.59. The molecule has 0 radical (unpaired) electrons. The van der Waals surface area contributed by atoms with E-state index < -0.39 is 0 Å². The Balaban J connectivity index is 2.36. The topological polar surface area (TPSA) is 67.0 Å². The zero-order chi connectivity index (χ0) is 15.9. The molecule has 0 unspecified atom stereocenters. The van der Waals surface area contributed by atoms with Gasteiger partial charge in [0.15, 0.2) is 0 Å². The highest BCUT2D eigenvalue weighted by molar-refractivity contribution is 6.04. The Bertz CT molecular complexity index is 621. The maximum absolute atomic E-state index is 12.2. The average molecular weight is 303 g/mol. The van der Waals surface area contributed by atoms with Gasteiger partial charge in [-0.3, -0.25) is 0 Å². The molecule has 0 fully saturated rings. The molecule has 0 spiro atoms. The van der Waals surface area contributed by atoms with Crippen molar-refractivity contribution in [2.45, 2.75) is 52.5 Å². The number of fused-ring (bicyclic) bond motifs is 1. The van der Waals surface area contributed by atoms with Gasteiger partial charge in [-0.2, -0.15) is 0 Å². The van der Waals surface area contributed by atoms with Crippen LogP contribution in [0.5, 0.6) is 0 Å². The highest BCUT2D eigenvalue weighted by atomic mass is 16.5. The number of aromatic amines is 1. The lowest BCUT2D eigenvalue weighted by Crippen LogP contribution is -2.21. The van der Waals surface area contributed by atoms with Crippen LogP contribution in [0.4, 0.5) is 5.69 Å². The molecular formula is C17H25N3O2. The minimum atomic E-state index is -0.328. The minimum absolute atomic E-state index is 0.328. The maximum Gasteiger partial charge on any atom is 0.341 e. The Labute approximate surface area is 131 Å². The average Bonchev–Trinajstić information content (AvgIpc) is 3.00. The van der Waals surface area contributed by atoms with Crippen molar-refractivity contribution in [3.8, 4) is 0 Å². The van der Waals surface area contributed by atoms with Gasteiger partial charge >= 0.3 is 5.97 Å². The molecule has 120 valence electrons. The van der Waals surface area contributed by atoms with Crippen LogP contribution < -0.4 is 5.32 Å². The van der Waals surface area contributed by atoms with Crippen molar-refractivity contribution >= 4 is 22.7 Å². The number of carbonyl (C=O) groups is 1. The first-order valence-corrected chi connectivity index (χ1v) is 8.10. The van der Waals surface area contributed by atoms with Crippen molar-refractivity contribution in [2.24, 2.45) is 0 Å². The van der Waals surface area contributed by atoms with Gasteiger partial charge in [0.2, 0.25) is 0 Å². The summed E-state index contributed by atoms with van der Waals surface area (Å²) in [5, 5.41) is 4.47. The summed E-state index contributed by atoms with van der Waals surface area (Å²) in [5.74, 6) is -0.328. The van der Waals surface area contributed by atoms with Gasteiger partial charge in [0.05, 0.1) is 12.3 Å². The van der Waals surface area contributed by atoms with Gasteiger partial charge in [-0.25, -0.2) is 9.78 Å². The predicted octanol–water partition coefficient (Wildman–Crippen LogP) is 4.12. The summed E-state index contributed by atoms with van der Waals surface area (Å²) < 4.78 is 5.16. The number of pyridine rings is 1. The van der Waals surface area contributed by atoms with E-state index in [2.05, 4.69) is 29.1 Å². The van der Waals surface area contributed by atoms with Crippen LogP contribution >= 0.6 is 0 Å². The molecule has 5 nitrogen and oxygen atoms in total. The van der Waals surface area contributed by atoms with Crippen molar-refractivity contribution in [2.75, 3.05) is 11.9 Å². The van der Waals surface area contributed by atoms with Gasteiger partial charge < -0.3 is 15.0 Å². The normalized spacial score (nSPS) is 12.3. The zero-order valence-electron chi connectivity index (χ0n) is 13.6. The number of nitrogens with zero attached hydrogens (tertiary/aromatic N) is 1. The van der Waals surface area contributed by atoms with E-state index in [-0.39, 0.29) is 5.97 Å². The second-order valence-electron chi connectivity index (χ2n) is 5.40. The first-order chi connectivity index (χ1) is 10.7. The Hall–Kier alpha value is -2.04. The van der Waals surface area contributed by atoms with E-state index in [4.69, 9.17) is 4.74 Å². The van der Waals surface area contributed by atoms with Gasteiger partial charge in [0.25, 0.3) is 0 Å². The molecule has 1 atom stereocenters. The predicted molar refractivity (Wildman–Crippen MR) is 89.3 cm³/mol. The molecule has 2 heterocycles. The number of hydrogen-bond acceptors (Lipinski definition) is 4. The van der Waals surface area contributed by atoms with Crippen LogP contribution in [-0.2, 0) is 4.74 Å². The summed E-state index contributed by atoms with van der Waals surface area (Å²) in [5.41, 5.74) is 2.11. The molecule has 2 rings (SSSR count). The van der Waals surface area contributed by atoms with E-state index in [0.29, 0.717) is 18.2 Å². The van der Waals surface area contributed by atoms with Crippen LogP contribution in [0.1, 0.15) is 56.8 Å². The van der Waals surface area contributed by atoms with E-state index >= 15 is 0 Å². The van der Waals surface area contributed by atoms with Crippen LogP contribution in [-0.4, -0.2) is 28.6 Å². The number of hydrogen-bond donors (Lipinski definition) is 2. The summed E-state index contributed by atoms with van der Waals surface area (Å²) in [7, 11) is 0. The number of rotatable bonds is 8. The fourth-order valence-corrected chi connectivity index (χ4v) is 2.56. The molecule has 22 heavy (non-hydrogen) atoms. The molecular weight excluding hydrogens is 278 g/mol. The largest absolute Gasteiger partial charge is 0.462 e. The molecule has 0 aromatic carbocycles. The number of H-pyrrole nitrogens is 1. The molecule has 0 saturated carbocycles. The standard InChI is InChI=1S/C17H25N3O2/c1-4-7-8-12(5-2)20-15-13-9-10-18-16(13)19-11-14(15)17(21)22-6-3/h9-12H,4-8H2,1-3H3,(H2,18,19,20)/t12-/m0/s1. The number of aromatic nitrogens is 2. The van der Waals surface area contributed by atoms with Crippen LogP contribution in [0.25, 0.3) is 11.0 Å². The number of esters is 1. The second-order valence-corrected chi connectivity index (χ2v) is 5.40. The van der Waals surface area contributed by atoms with Gasteiger partial charge in [-0.15, -0.1) is 0 Å². The number of nitrogens with one attached hydrogen (secondary N) is 2. The van der Waals surface area contributed by atoms with Crippen molar-refractivity contribution in [3.63, 3.8) is 0 Å². The quantitative estimate of drug-likeness (QED) is 0.720. The Morgan fingerprint density at radius 3 is 2.91 bits per heavy atom. The van der Waals surface area contributed by atoms with E-state index in [1.165, 1.54) is 12.8 Å². The third-order valence-corrected chi connectivity index (χ3v) is 3.83. The van der Waals surface area contributed by atoms with E-state index in [0.717, 1.165) is 29.6 Å². The Morgan fingerprint density at radius 1 is 1.41 bits per heavy atom. The van der Waals surface area contributed by atoms with E-state index in [9.17, 15) is 4.79 Å². The molecule has 0 aliphatic heterocycles. The minimum Gasteiger partial charge on any atom is -0.462 e. The van der Waals surface area contributed by atoms with Gasteiger partial charge in [-0.05, 0) is 25.8 Å². The summed E-state index contributed by atoms with van der Waals surface area (Å²) in [4.78, 5) is 19.6. The van der Waals surface area contributed by atoms with Gasteiger partial charge in [0, 0.05) is 23.8 Å². The smallest absolute Gasteiger partial charge is 0.341 e. The van der Waals surface area contributed by atoms with Crippen molar-refractivity contribution in [3.05, 3.63) is 24.0 Å². The van der Waals surface area contributed by atoms with Crippen LogP contribution in [0.15, 0.2) is 18.5 Å². The molecule has 0 amide bonds. The fourth-order valence-electron chi connectivity index (χ4n) is 2.56. The monoisotopic (exact) mass is 303 g/mol. The molecule has 0 saturated heterocycles. The van der Waals surface area contributed by atoms with Gasteiger partial charge in [0.1, 0.15) is 11.2 Å². The van der Waals surface area contributed by atoms with Crippen LogP contribution in [0, 0.1) is 0 Å². The van der Waals surface area contributed by atoms with Crippen LogP contribution in [0.2, 0.25) is 0 Å². The van der Waals surface area contributed by atoms with Crippen LogP contribution in [0.3, 0.4) is 0 Å². The molecule has 2 N–H and O–H groups in total. The Morgan fingerprint density at radius 2 is 2.23 bits per heavy atom. The number of ether oxygens (including phenoxy) is 1. The molecule has 0 aliphatic carbocycles. The van der Waals surface area contributed by atoms with E-state index in [1.807, 2.05) is 19.2 Å². The summed E-state index contributed by atoms with van der Waals surface area (Å²) in [6.45, 7) is 6.51. The number of anilines is 1. The number of carbonyl (C=O) groups excluding carboxylic acids is 1. The van der Waals surface area contributed by atoms with Crippen molar-refractivity contribution < 1.29 is 9.53 Å². The summed E-state index contributed by atoms with van der Waals surface area (Å²) >= 11 is 0. The molecule has 0 bridgehead atoms.